The molecule has 0 radical (unpaired) electrons. The van der Waals surface area contributed by atoms with Gasteiger partial charge in [0, 0.05) is 0 Å². The fraction of sp³-hybridized carbons (Fsp3) is 0.500. The first-order valence-corrected chi connectivity index (χ1v) is 10.6. The second-order valence-corrected chi connectivity index (χ2v) is 11.4. The van der Waals surface area contributed by atoms with Crippen LogP contribution in [0, 0.1) is 6.92 Å². The third kappa shape index (κ3) is 4.65. The van der Waals surface area contributed by atoms with Crippen LogP contribution in [0.1, 0.15) is 54.0 Å². The molecule has 25 heavy (non-hydrogen) atoms. The number of allylic oxidation sites excluding steroid dienone is 3. The van der Waals surface area contributed by atoms with Gasteiger partial charge in [0.2, 0.25) is 0 Å². The van der Waals surface area contributed by atoms with Gasteiger partial charge in [0.1, 0.15) is 0 Å². The topological polar surface area (TPSA) is 3.24 Å². The smallest absolute Gasteiger partial charge is 0.147 e. The van der Waals surface area contributed by atoms with Crippen molar-refractivity contribution >= 4 is 39.5 Å². The van der Waals surface area contributed by atoms with Crippen molar-refractivity contribution in [1.82, 2.24) is 3.38 Å². The molecule has 1 aromatic rings. The zero-order valence-electron chi connectivity index (χ0n) is 16.8. The molecule has 1 nitrogen and oxygen atoms in total. The molecule has 0 bridgehead atoms. The summed E-state index contributed by atoms with van der Waals surface area (Å²) >= 11 is 2.27. The molecule has 0 saturated heterocycles. The van der Waals surface area contributed by atoms with Crippen molar-refractivity contribution in [2.75, 3.05) is 0 Å². The number of hydrogen-bond donors (Lipinski definition) is 0. The maximum Gasteiger partial charge on any atom is -0.147 e. The molecule has 0 fully saturated rings. The third-order valence-electron chi connectivity index (χ3n) is 5.53. The Balaban J connectivity index is 0.00000288. The zero-order chi connectivity index (χ0) is 17.6. The van der Waals surface area contributed by atoms with E-state index in [4.69, 9.17) is 0 Å². The van der Waals surface area contributed by atoms with Crippen LogP contribution in [-0.4, -0.2) is 18.4 Å². The van der Waals surface area contributed by atoms with Crippen LogP contribution < -0.4 is 5.19 Å². The molecule has 0 N–H and O–H groups in total. The summed E-state index contributed by atoms with van der Waals surface area (Å²) in [5, 5.41) is 1.80. The summed E-state index contributed by atoms with van der Waals surface area (Å²) in [6, 6.07) is 8.96. The zero-order valence-corrected chi connectivity index (χ0v) is 21.4. The van der Waals surface area contributed by atoms with E-state index >= 15 is 0 Å². The molecule has 0 aliphatic heterocycles. The van der Waals surface area contributed by atoms with Crippen molar-refractivity contribution in [1.29, 1.82) is 0 Å². The molecule has 0 aromatic heterocycles. The molecule has 5 heteroatoms. The van der Waals surface area contributed by atoms with Gasteiger partial charge < -0.3 is 0 Å². The summed E-state index contributed by atoms with van der Waals surface area (Å²) in [6.45, 7) is 18.7. The van der Waals surface area contributed by atoms with Crippen LogP contribution in [0.15, 0.2) is 46.7 Å². The van der Waals surface area contributed by atoms with Crippen LogP contribution in [0.25, 0.3) is 0 Å². The Kier molecular flexibility index (Phi) is 8.80. The molecule has 1 aliphatic rings. The quantitative estimate of drug-likeness (QED) is 0.607. The van der Waals surface area contributed by atoms with E-state index in [0.717, 1.165) is 0 Å². The number of rotatable bonds is 3. The molecule has 1 unspecified atom stereocenters. The molecule has 0 saturated carbocycles. The predicted molar refractivity (Wildman–Crippen MR) is 115 cm³/mol. The second kappa shape index (κ2) is 8.80. The predicted octanol–water partition coefficient (Wildman–Crippen LogP) is 5.00. The van der Waals surface area contributed by atoms with Gasteiger partial charge >= 0.3 is 157 Å². The largest absolute Gasteiger partial charge is 0.147 e. The Hall–Kier alpha value is 0.0112. The normalized spacial score (nSPS) is 20.8. The minimum atomic E-state index is -0.477. The summed E-state index contributed by atoms with van der Waals surface area (Å²) in [4.78, 5) is 0. The van der Waals surface area contributed by atoms with Crippen molar-refractivity contribution in [2.45, 2.75) is 66.0 Å². The number of benzene rings is 1. The van der Waals surface area contributed by atoms with Gasteiger partial charge in [-0.2, -0.15) is 0 Å². The Morgan fingerprint density at radius 1 is 0.960 bits per heavy atom. The maximum atomic E-state index is 2.52. The average molecular weight is 433 g/mol. The van der Waals surface area contributed by atoms with Crippen molar-refractivity contribution < 1.29 is 20.7 Å². The second-order valence-electron chi connectivity index (χ2n) is 8.17. The monoisotopic (exact) mass is 432 g/mol. The fourth-order valence-electron chi connectivity index (χ4n) is 3.62. The van der Waals surface area contributed by atoms with Crippen LogP contribution in [0.5, 0.6) is 0 Å². The Bertz CT molecular complexity index is 691. The summed E-state index contributed by atoms with van der Waals surface area (Å²) < 4.78 is 2.52. The van der Waals surface area contributed by atoms with Crippen LogP contribution in [0.2, 0.25) is 5.04 Å². The molecule has 1 aliphatic carbocycles. The van der Waals surface area contributed by atoms with Crippen molar-refractivity contribution in [2.24, 2.45) is 0 Å². The molecule has 1 atom stereocenters. The van der Waals surface area contributed by atoms with E-state index in [-0.39, 0.29) is 35.4 Å². The Morgan fingerprint density at radius 3 is 1.96 bits per heavy atom. The van der Waals surface area contributed by atoms with Gasteiger partial charge in [-0.1, -0.05) is 0 Å². The fourth-order valence-corrected chi connectivity index (χ4v) is 7.05. The van der Waals surface area contributed by atoms with E-state index in [1.165, 1.54) is 16.7 Å². The van der Waals surface area contributed by atoms with E-state index in [1.54, 1.807) is 16.5 Å². The maximum absolute atomic E-state index is 2.52. The molecular weight excluding hydrogens is 401 g/mol. The minimum absolute atomic E-state index is 0. The van der Waals surface area contributed by atoms with Gasteiger partial charge in [-0.05, 0) is 0 Å². The van der Waals surface area contributed by atoms with Crippen LogP contribution >= 0.6 is 24.8 Å². The summed E-state index contributed by atoms with van der Waals surface area (Å²) in [7, 11) is -0.477. The van der Waals surface area contributed by atoms with Crippen molar-refractivity contribution in [3.8, 4) is 0 Å². The number of hydrogen-bond acceptors (Lipinski definition) is 1. The van der Waals surface area contributed by atoms with Crippen LogP contribution in [0.3, 0.4) is 0 Å². The SMILES string of the molecule is CC1=C(C)C(C)([SiH2]c2ccccc2C)C([N]([Ti])C(C)(C)C)=C1C.Cl.Cl. The van der Waals surface area contributed by atoms with Crippen LogP contribution in [0.4, 0.5) is 0 Å². The van der Waals surface area contributed by atoms with Crippen LogP contribution in [-0.2, 0) is 20.7 Å². The number of nitrogens with zero attached hydrogens (tertiary/aromatic N) is 1. The van der Waals surface area contributed by atoms with E-state index in [9.17, 15) is 0 Å². The van der Waals surface area contributed by atoms with E-state index in [1.807, 2.05) is 0 Å². The summed E-state index contributed by atoms with van der Waals surface area (Å²) in [6.07, 6.45) is 0. The first-order valence-electron chi connectivity index (χ1n) is 8.46. The molecule has 0 amide bonds. The molecule has 0 spiro atoms. The minimum Gasteiger partial charge on any atom is -0.147 e. The number of halogens is 2. The Morgan fingerprint density at radius 2 is 1.48 bits per heavy atom. The van der Waals surface area contributed by atoms with E-state index in [2.05, 4.69) is 104 Å². The molecule has 139 valence electrons. The molecular formula is C20H32Cl2NSiTi. The van der Waals surface area contributed by atoms with Gasteiger partial charge in [-0.3, -0.25) is 0 Å². The average Bonchev–Trinajstić information content (AvgIpc) is 2.61. The summed E-state index contributed by atoms with van der Waals surface area (Å²) in [5.74, 6) is 0. The van der Waals surface area contributed by atoms with E-state index in [0.29, 0.717) is 0 Å². The van der Waals surface area contributed by atoms with Gasteiger partial charge in [0.05, 0.1) is 0 Å². The third-order valence-corrected chi connectivity index (χ3v) is 9.67. The van der Waals surface area contributed by atoms with Crippen molar-refractivity contribution in [3.63, 3.8) is 0 Å². The van der Waals surface area contributed by atoms with Gasteiger partial charge in [0.15, 0.2) is 0 Å². The first kappa shape index (κ1) is 25.0. The molecule has 0 heterocycles. The first-order chi connectivity index (χ1) is 10.5. The van der Waals surface area contributed by atoms with Gasteiger partial charge in [-0.25, -0.2) is 0 Å². The molecule has 1 aromatic carbocycles. The standard InChI is InChI=1S/C20H30NSi.2ClH.Ti/c1-13-11-9-10-12-17(13)22-20(8)16(4)14(2)15(3)18(20)21-19(5,6)7;;;/h9-12H,22H2,1-8H3;2*1H;/q-1;;;+1. The van der Waals surface area contributed by atoms with Gasteiger partial charge in [-0.15, -0.1) is 24.8 Å². The number of aryl methyl sites for hydroxylation is 1. The Labute approximate surface area is 181 Å². The van der Waals surface area contributed by atoms with Crippen molar-refractivity contribution in [3.05, 3.63) is 52.2 Å². The van der Waals surface area contributed by atoms with E-state index < -0.39 is 9.52 Å². The summed E-state index contributed by atoms with van der Waals surface area (Å²) in [5.41, 5.74) is 7.71. The molecule has 2 rings (SSSR count). The van der Waals surface area contributed by atoms with Gasteiger partial charge in [0.25, 0.3) is 0 Å².